The first-order valence-corrected chi connectivity index (χ1v) is 12.2. The number of anilines is 1. The average molecular weight is 426 g/mol. The molecule has 0 heterocycles. The lowest BCUT2D eigenvalue weighted by Gasteiger charge is -2.21. The zero-order valence-electron chi connectivity index (χ0n) is 19.9. The van der Waals surface area contributed by atoms with Crippen molar-refractivity contribution in [2.75, 3.05) is 5.32 Å². The van der Waals surface area contributed by atoms with E-state index in [0.29, 0.717) is 0 Å². The Hall–Kier alpha value is -1.74. The third-order valence-corrected chi connectivity index (χ3v) is 6.81. The molecule has 0 saturated heterocycles. The Morgan fingerprint density at radius 2 is 1.57 bits per heavy atom. The van der Waals surface area contributed by atoms with Crippen molar-refractivity contribution in [1.29, 1.82) is 0 Å². The molecule has 2 rings (SSSR count). The molecule has 0 bridgehead atoms. The van der Waals surface area contributed by atoms with E-state index in [-0.39, 0.29) is 16.6 Å². The summed E-state index contributed by atoms with van der Waals surface area (Å²) < 4.78 is 0. The molecule has 0 spiro atoms. The molecular weight excluding hydrogens is 386 g/mol. The quantitative estimate of drug-likeness (QED) is 0.326. The van der Waals surface area contributed by atoms with Gasteiger partial charge in [0.25, 0.3) is 0 Å². The smallest absolute Gasteiger partial charge is 0.237 e. The van der Waals surface area contributed by atoms with E-state index in [1.54, 1.807) is 11.8 Å². The number of aryl methyl sites for hydroxylation is 3. The Labute approximate surface area is 188 Å². The molecule has 0 aliphatic rings. The highest BCUT2D eigenvalue weighted by molar-refractivity contribution is 8.00. The van der Waals surface area contributed by atoms with E-state index in [0.717, 1.165) is 34.6 Å². The van der Waals surface area contributed by atoms with Crippen molar-refractivity contribution in [1.82, 2.24) is 0 Å². The van der Waals surface area contributed by atoms with E-state index in [1.165, 1.54) is 30.4 Å². The molecule has 0 saturated carbocycles. The highest BCUT2D eigenvalue weighted by Crippen LogP contribution is 2.31. The number of carbonyl (C=O) groups is 1. The van der Waals surface area contributed by atoms with Crippen LogP contribution in [0.15, 0.2) is 41.3 Å². The van der Waals surface area contributed by atoms with Gasteiger partial charge in [-0.1, -0.05) is 83.2 Å². The third-order valence-electron chi connectivity index (χ3n) is 5.54. The molecule has 3 heteroatoms. The fourth-order valence-electron chi connectivity index (χ4n) is 3.78. The van der Waals surface area contributed by atoms with Crippen LogP contribution in [0.4, 0.5) is 5.69 Å². The van der Waals surface area contributed by atoms with E-state index < -0.39 is 0 Å². The summed E-state index contributed by atoms with van der Waals surface area (Å²) in [6.45, 7) is 15.1. The largest absolute Gasteiger partial charge is 0.325 e. The van der Waals surface area contributed by atoms with Gasteiger partial charge < -0.3 is 5.32 Å². The standard InChI is InChI=1S/C27H39NOS/c1-8-9-10-11-12-24(30-23-15-13-22(14-16-23)27(5,6)7)26(29)28-25-20(3)17-19(2)18-21(25)4/h13-18,24H,8-12H2,1-7H3,(H,28,29). The maximum absolute atomic E-state index is 13.3. The Kier molecular flexibility index (Phi) is 9.03. The Balaban J connectivity index is 2.16. The molecule has 0 aromatic heterocycles. The number of thioether (sulfide) groups is 1. The van der Waals surface area contributed by atoms with E-state index >= 15 is 0 Å². The first-order valence-electron chi connectivity index (χ1n) is 11.3. The maximum Gasteiger partial charge on any atom is 0.237 e. The summed E-state index contributed by atoms with van der Waals surface area (Å²) in [4.78, 5) is 14.4. The van der Waals surface area contributed by atoms with E-state index in [9.17, 15) is 4.79 Å². The summed E-state index contributed by atoms with van der Waals surface area (Å²) in [6, 6.07) is 13.0. The molecule has 2 aromatic rings. The molecule has 164 valence electrons. The second-order valence-corrected chi connectivity index (χ2v) is 10.8. The fourth-order valence-corrected chi connectivity index (χ4v) is 4.85. The zero-order chi connectivity index (χ0) is 22.3. The highest BCUT2D eigenvalue weighted by atomic mass is 32.2. The van der Waals surface area contributed by atoms with Crippen LogP contribution in [0.3, 0.4) is 0 Å². The zero-order valence-corrected chi connectivity index (χ0v) is 20.7. The Morgan fingerprint density at radius 3 is 2.10 bits per heavy atom. The molecule has 1 unspecified atom stereocenters. The van der Waals surface area contributed by atoms with Crippen LogP contribution in [0.1, 0.15) is 82.1 Å². The van der Waals surface area contributed by atoms with Crippen molar-refractivity contribution in [3.63, 3.8) is 0 Å². The van der Waals surface area contributed by atoms with Crippen LogP contribution in [0.2, 0.25) is 0 Å². The molecular formula is C27H39NOS. The number of unbranched alkanes of at least 4 members (excludes halogenated alkanes) is 3. The Bertz CT molecular complexity index is 810. The number of benzene rings is 2. The van der Waals surface area contributed by atoms with Crippen molar-refractivity contribution in [3.05, 3.63) is 58.7 Å². The summed E-state index contributed by atoms with van der Waals surface area (Å²) in [5.74, 6) is 0.117. The van der Waals surface area contributed by atoms with Crippen LogP contribution in [-0.4, -0.2) is 11.2 Å². The lowest BCUT2D eigenvalue weighted by molar-refractivity contribution is -0.115. The number of amides is 1. The summed E-state index contributed by atoms with van der Waals surface area (Å²) in [5.41, 5.74) is 5.91. The van der Waals surface area contributed by atoms with E-state index in [1.807, 2.05) is 0 Å². The summed E-state index contributed by atoms with van der Waals surface area (Å²) in [6.07, 6.45) is 5.62. The number of nitrogens with one attached hydrogen (secondary N) is 1. The van der Waals surface area contributed by atoms with Gasteiger partial charge in [0.05, 0.1) is 5.25 Å². The van der Waals surface area contributed by atoms with Gasteiger partial charge in [-0.05, 0) is 61.4 Å². The predicted molar refractivity (Wildman–Crippen MR) is 133 cm³/mol. The van der Waals surface area contributed by atoms with Crippen molar-refractivity contribution in [2.24, 2.45) is 0 Å². The maximum atomic E-state index is 13.3. The van der Waals surface area contributed by atoms with E-state index in [2.05, 4.69) is 90.2 Å². The van der Waals surface area contributed by atoms with Gasteiger partial charge in [0.1, 0.15) is 0 Å². The Morgan fingerprint density at radius 1 is 0.967 bits per heavy atom. The number of rotatable bonds is 9. The van der Waals surface area contributed by atoms with Gasteiger partial charge in [-0.25, -0.2) is 0 Å². The number of carbonyl (C=O) groups excluding carboxylic acids is 1. The van der Waals surface area contributed by atoms with Gasteiger partial charge in [-0.15, -0.1) is 11.8 Å². The van der Waals surface area contributed by atoms with Crippen molar-refractivity contribution < 1.29 is 4.79 Å². The second kappa shape index (κ2) is 11.0. The molecule has 0 radical (unpaired) electrons. The molecule has 1 amide bonds. The van der Waals surface area contributed by atoms with Crippen molar-refractivity contribution in [3.8, 4) is 0 Å². The third kappa shape index (κ3) is 7.19. The molecule has 1 N–H and O–H groups in total. The van der Waals surface area contributed by atoms with Gasteiger partial charge in [0, 0.05) is 10.6 Å². The first-order chi connectivity index (χ1) is 14.1. The minimum atomic E-state index is -0.0811. The molecule has 30 heavy (non-hydrogen) atoms. The number of hydrogen-bond acceptors (Lipinski definition) is 2. The summed E-state index contributed by atoms with van der Waals surface area (Å²) in [5, 5.41) is 3.16. The molecule has 2 aromatic carbocycles. The summed E-state index contributed by atoms with van der Waals surface area (Å²) >= 11 is 1.70. The topological polar surface area (TPSA) is 29.1 Å². The van der Waals surface area contributed by atoms with Crippen molar-refractivity contribution >= 4 is 23.4 Å². The van der Waals surface area contributed by atoms with Crippen LogP contribution >= 0.6 is 11.8 Å². The molecule has 1 atom stereocenters. The van der Waals surface area contributed by atoms with Crippen molar-refractivity contribution in [2.45, 2.75) is 96.1 Å². The highest BCUT2D eigenvalue weighted by Gasteiger charge is 2.22. The lowest BCUT2D eigenvalue weighted by Crippen LogP contribution is -2.26. The first kappa shape index (κ1) is 24.5. The van der Waals surface area contributed by atoms with Crippen LogP contribution in [0.5, 0.6) is 0 Å². The van der Waals surface area contributed by atoms with Gasteiger partial charge in [-0.3, -0.25) is 4.79 Å². The average Bonchev–Trinajstić information content (AvgIpc) is 2.66. The second-order valence-electron chi connectivity index (χ2n) is 9.49. The van der Waals surface area contributed by atoms with Gasteiger partial charge in [-0.2, -0.15) is 0 Å². The fraction of sp³-hybridized carbons (Fsp3) is 0.519. The monoisotopic (exact) mass is 425 g/mol. The van der Waals surface area contributed by atoms with Crippen LogP contribution in [-0.2, 0) is 10.2 Å². The SMILES string of the molecule is CCCCCCC(Sc1ccc(C(C)(C)C)cc1)C(=O)Nc1c(C)cc(C)cc1C. The molecule has 0 aliphatic heterocycles. The normalized spacial score (nSPS) is 12.6. The van der Waals surface area contributed by atoms with Gasteiger partial charge >= 0.3 is 0 Å². The van der Waals surface area contributed by atoms with Gasteiger partial charge in [0.15, 0.2) is 0 Å². The van der Waals surface area contributed by atoms with Crippen LogP contribution in [0, 0.1) is 20.8 Å². The van der Waals surface area contributed by atoms with E-state index in [4.69, 9.17) is 0 Å². The van der Waals surface area contributed by atoms with Gasteiger partial charge in [0.2, 0.25) is 5.91 Å². The van der Waals surface area contributed by atoms with Crippen LogP contribution < -0.4 is 5.32 Å². The predicted octanol–water partition coefficient (Wildman–Crippen LogP) is 7.98. The lowest BCUT2D eigenvalue weighted by atomic mass is 9.87. The molecule has 0 fully saturated rings. The number of hydrogen-bond donors (Lipinski definition) is 1. The summed E-state index contributed by atoms with van der Waals surface area (Å²) in [7, 11) is 0. The molecule has 0 aliphatic carbocycles. The minimum absolute atomic E-state index is 0.0811. The molecule has 2 nitrogen and oxygen atoms in total. The van der Waals surface area contributed by atoms with Crippen LogP contribution in [0.25, 0.3) is 0 Å². The minimum Gasteiger partial charge on any atom is -0.325 e.